The summed E-state index contributed by atoms with van der Waals surface area (Å²) in [5, 5.41) is 0.321. The SMILES string of the molecule is COc1nc(-c2c(Cl)ccc3c2C[C@@](CN)(c2ccccc2)O3)c(C(N)=O)cc1F. The number of pyridine rings is 1. The Morgan fingerprint density at radius 2 is 2.03 bits per heavy atom. The number of primary amides is 1. The number of benzene rings is 2. The molecule has 1 aliphatic rings. The van der Waals surface area contributed by atoms with Gasteiger partial charge in [-0.25, -0.2) is 9.37 Å². The van der Waals surface area contributed by atoms with E-state index in [4.69, 9.17) is 32.5 Å². The van der Waals surface area contributed by atoms with E-state index in [1.165, 1.54) is 7.11 Å². The van der Waals surface area contributed by atoms with Gasteiger partial charge in [0.1, 0.15) is 5.75 Å². The molecule has 4 N–H and O–H groups in total. The number of carbonyl (C=O) groups excluding carboxylic acids is 1. The number of aromatic nitrogens is 1. The van der Waals surface area contributed by atoms with Gasteiger partial charge in [-0.1, -0.05) is 41.9 Å². The molecule has 0 fully saturated rings. The summed E-state index contributed by atoms with van der Waals surface area (Å²) in [6.45, 7) is 0.214. The van der Waals surface area contributed by atoms with Crippen molar-refractivity contribution in [2.75, 3.05) is 13.7 Å². The Hall–Kier alpha value is -3.16. The lowest BCUT2D eigenvalue weighted by atomic mass is 9.87. The van der Waals surface area contributed by atoms with Crippen LogP contribution in [0.3, 0.4) is 0 Å². The highest BCUT2D eigenvalue weighted by atomic mass is 35.5. The number of rotatable bonds is 5. The Balaban J connectivity index is 1.94. The summed E-state index contributed by atoms with van der Waals surface area (Å²) in [5.74, 6) is -1.34. The highest BCUT2D eigenvalue weighted by Gasteiger charge is 2.42. The number of carbonyl (C=O) groups is 1. The van der Waals surface area contributed by atoms with Gasteiger partial charge in [0.15, 0.2) is 11.4 Å². The van der Waals surface area contributed by atoms with Crippen LogP contribution < -0.4 is 20.9 Å². The average molecular weight is 428 g/mol. The predicted octanol–water partition coefficient (Wildman–Crippen LogP) is 3.44. The molecule has 4 rings (SSSR count). The van der Waals surface area contributed by atoms with Crippen LogP contribution in [0.1, 0.15) is 21.5 Å². The fraction of sp³-hybridized carbons (Fsp3) is 0.182. The van der Waals surface area contributed by atoms with Crippen LogP contribution in [0.4, 0.5) is 4.39 Å². The minimum atomic E-state index is -0.834. The van der Waals surface area contributed by atoms with Gasteiger partial charge in [-0.3, -0.25) is 4.79 Å². The third kappa shape index (κ3) is 3.16. The van der Waals surface area contributed by atoms with Gasteiger partial charge in [0, 0.05) is 24.1 Å². The van der Waals surface area contributed by atoms with Crippen molar-refractivity contribution in [1.82, 2.24) is 4.98 Å². The zero-order valence-electron chi connectivity index (χ0n) is 16.1. The van der Waals surface area contributed by atoms with Crippen molar-refractivity contribution in [2.24, 2.45) is 11.5 Å². The molecule has 1 amide bonds. The lowest BCUT2D eigenvalue weighted by Gasteiger charge is -2.27. The van der Waals surface area contributed by atoms with Crippen LogP contribution in [0.25, 0.3) is 11.3 Å². The van der Waals surface area contributed by atoms with E-state index in [1.54, 1.807) is 12.1 Å². The average Bonchev–Trinajstić information content (AvgIpc) is 3.14. The van der Waals surface area contributed by atoms with E-state index in [1.807, 2.05) is 30.3 Å². The van der Waals surface area contributed by atoms with Gasteiger partial charge in [0.2, 0.25) is 0 Å². The van der Waals surface area contributed by atoms with Crippen LogP contribution in [-0.4, -0.2) is 24.5 Å². The molecule has 0 spiro atoms. The molecule has 8 heteroatoms. The summed E-state index contributed by atoms with van der Waals surface area (Å²) in [5.41, 5.74) is 12.9. The number of methoxy groups -OCH3 is 1. The maximum Gasteiger partial charge on any atom is 0.251 e. The van der Waals surface area contributed by atoms with Crippen molar-refractivity contribution in [3.8, 4) is 22.9 Å². The van der Waals surface area contributed by atoms with Crippen molar-refractivity contribution in [3.63, 3.8) is 0 Å². The van der Waals surface area contributed by atoms with E-state index in [0.29, 0.717) is 28.3 Å². The fourth-order valence-corrected chi connectivity index (χ4v) is 4.05. The van der Waals surface area contributed by atoms with Crippen LogP contribution in [0.2, 0.25) is 5.02 Å². The quantitative estimate of drug-likeness (QED) is 0.649. The first-order chi connectivity index (χ1) is 14.4. The van der Waals surface area contributed by atoms with Crippen molar-refractivity contribution in [1.29, 1.82) is 0 Å². The van der Waals surface area contributed by atoms with Crippen molar-refractivity contribution in [3.05, 3.63) is 76.1 Å². The Labute approximate surface area is 177 Å². The lowest BCUT2D eigenvalue weighted by molar-refractivity contribution is 0.0999. The Bertz CT molecular complexity index is 1140. The maximum atomic E-state index is 14.2. The third-order valence-electron chi connectivity index (χ3n) is 5.26. The van der Waals surface area contributed by atoms with Gasteiger partial charge in [0.05, 0.1) is 23.4 Å². The minimum Gasteiger partial charge on any atom is -0.481 e. The second kappa shape index (κ2) is 7.59. The first-order valence-electron chi connectivity index (χ1n) is 9.21. The van der Waals surface area contributed by atoms with Gasteiger partial charge in [0.25, 0.3) is 11.8 Å². The number of ether oxygens (including phenoxy) is 2. The van der Waals surface area contributed by atoms with E-state index in [9.17, 15) is 9.18 Å². The van der Waals surface area contributed by atoms with Crippen molar-refractivity contribution < 1.29 is 18.7 Å². The predicted molar refractivity (Wildman–Crippen MR) is 111 cm³/mol. The smallest absolute Gasteiger partial charge is 0.251 e. The number of hydrogen-bond acceptors (Lipinski definition) is 5. The molecule has 1 aliphatic heterocycles. The number of halogens is 2. The number of amides is 1. The molecule has 3 aromatic rings. The number of nitrogens with two attached hydrogens (primary N) is 2. The van der Waals surface area contributed by atoms with Gasteiger partial charge < -0.3 is 20.9 Å². The summed E-state index contributed by atoms with van der Waals surface area (Å²) < 4.78 is 25.5. The summed E-state index contributed by atoms with van der Waals surface area (Å²) >= 11 is 6.52. The number of fused-ring (bicyclic) bond motifs is 1. The lowest BCUT2D eigenvalue weighted by Crippen LogP contribution is -2.39. The van der Waals surface area contributed by atoms with E-state index >= 15 is 0 Å². The van der Waals surface area contributed by atoms with E-state index < -0.39 is 17.3 Å². The molecule has 2 aromatic carbocycles. The Morgan fingerprint density at radius 3 is 2.67 bits per heavy atom. The summed E-state index contributed by atoms with van der Waals surface area (Å²) in [7, 11) is 1.29. The summed E-state index contributed by atoms with van der Waals surface area (Å²) in [6.07, 6.45) is 0.387. The van der Waals surface area contributed by atoms with Crippen LogP contribution in [0, 0.1) is 5.82 Å². The molecule has 6 nitrogen and oxygen atoms in total. The van der Waals surface area contributed by atoms with E-state index in [2.05, 4.69) is 4.98 Å². The van der Waals surface area contributed by atoms with Crippen LogP contribution in [-0.2, 0) is 12.0 Å². The molecule has 1 aromatic heterocycles. The number of nitrogens with zero attached hydrogens (tertiary/aromatic N) is 1. The molecule has 1 atom stereocenters. The zero-order chi connectivity index (χ0) is 21.5. The topological polar surface area (TPSA) is 100 Å². The van der Waals surface area contributed by atoms with Gasteiger partial charge in [-0.05, 0) is 23.8 Å². The van der Waals surface area contributed by atoms with Gasteiger partial charge in [-0.2, -0.15) is 0 Å². The minimum absolute atomic E-state index is 0.103. The molecule has 0 radical (unpaired) electrons. The van der Waals surface area contributed by atoms with Crippen LogP contribution >= 0.6 is 11.6 Å². The third-order valence-corrected chi connectivity index (χ3v) is 5.57. The monoisotopic (exact) mass is 427 g/mol. The Morgan fingerprint density at radius 1 is 1.30 bits per heavy atom. The Kier molecular flexibility index (Phi) is 5.09. The molecule has 0 unspecified atom stereocenters. The summed E-state index contributed by atoms with van der Waals surface area (Å²) in [4.78, 5) is 16.2. The van der Waals surface area contributed by atoms with Crippen LogP contribution in [0.5, 0.6) is 11.6 Å². The molecule has 0 saturated carbocycles. The molecule has 0 aliphatic carbocycles. The highest BCUT2D eigenvalue weighted by Crippen LogP contribution is 2.48. The van der Waals surface area contributed by atoms with Crippen LogP contribution in [0.15, 0.2) is 48.5 Å². The molecule has 30 heavy (non-hydrogen) atoms. The van der Waals surface area contributed by atoms with Gasteiger partial charge in [-0.15, -0.1) is 0 Å². The second-order valence-electron chi connectivity index (χ2n) is 6.98. The normalized spacial score (nSPS) is 17.3. The summed E-state index contributed by atoms with van der Waals surface area (Å²) in [6, 6.07) is 14.0. The molecule has 0 bridgehead atoms. The second-order valence-corrected chi connectivity index (χ2v) is 7.39. The molecule has 2 heterocycles. The zero-order valence-corrected chi connectivity index (χ0v) is 16.9. The van der Waals surface area contributed by atoms with Crippen molar-refractivity contribution in [2.45, 2.75) is 12.0 Å². The molecular formula is C22H19ClFN3O3. The molecule has 154 valence electrons. The number of hydrogen-bond donors (Lipinski definition) is 2. The largest absolute Gasteiger partial charge is 0.481 e. The van der Waals surface area contributed by atoms with Gasteiger partial charge >= 0.3 is 0 Å². The van der Waals surface area contributed by atoms with E-state index in [0.717, 1.165) is 11.6 Å². The van der Waals surface area contributed by atoms with E-state index in [-0.39, 0.29) is 23.7 Å². The fourth-order valence-electron chi connectivity index (χ4n) is 3.79. The highest BCUT2D eigenvalue weighted by molar-refractivity contribution is 6.33. The first-order valence-corrected chi connectivity index (χ1v) is 9.58. The first kappa shape index (κ1) is 20.1. The molecular weight excluding hydrogens is 409 g/mol. The maximum absolute atomic E-state index is 14.2. The molecule has 0 saturated heterocycles. The van der Waals surface area contributed by atoms with Crippen molar-refractivity contribution >= 4 is 17.5 Å². The standard InChI is InChI=1S/C22H19ClFN3O3/c1-29-21-16(24)9-13(20(26)28)19(27-21)18-14-10-22(11-25,12-5-3-2-4-6-12)30-17(14)8-7-15(18)23/h2-9H,10-11,25H2,1H3,(H2,26,28)/t22-/m1/s1.